The second kappa shape index (κ2) is 10.1. The summed E-state index contributed by atoms with van der Waals surface area (Å²) in [7, 11) is 0. The molecule has 0 aliphatic heterocycles. The lowest BCUT2D eigenvalue weighted by Gasteiger charge is -2.05. The van der Waals surface area contributed by atoms with Crippen molar-refractivity contribution < 1.29 is 19.1 Å². The maximum atomic E-state index is 11.2. The Morgan fingerprint density at radius 1 is 1.33 bits per heavy atom. The Balaban J connectivity index is 3.91. The van der Waals surface area contributed by atoms with E-state index < -0.39 is 12.2 Å². The number of nitriles is 1. The average Bonchev–Trinajstić information content (AvgIpc) is 2.29. The second-order valence-electron chi connectivity index (χ2n) is 3.33. The number of hydrogen-bond donors (Lipinski definition) is 1. The van der Waals surface area contributed by atoms with E-state index in [1.807, 2.05) is 13.0 Å². The predicted molar refractivity (Wildman–Crippen MR) is 64.1 cm³/mol. The SMILES string of the molecule is CCCCOC(=O)NC(C)=NC(=O)OCCC#N. The first-order chi connectivity index (χ1) is 8.60. The van der Waals surface area contributed by atoms with E-state index in [0.29, 0.717) is 6.61 Å². The Kier molecular flexibility index (Phi) is 8.90. The summed E-state index contributed by atoms with van der Waals surface area (Å²) in [4.78, 5) is 25.7. The zero-order valence-corrected chi connectivity index (χ0v) is 10.6. The van der Waals surface area contributed by atoms with E-state index in [1.54, 1.807) is 0 Å². The van der Waals surface area contributed by atoms with Crippen LogP contribution < -0.4 is 5.32 Å². The van der Waals surface area contributed by atoms with Crippen LogP contribution in [0.1, 0.15) is 33.1 Å². The second-order valence-corrected chi connectivity index (χ2v) is 3.33. The zero-order valence-electron chi connectivity index (χ0n) is 10.6. The lowest BCUT2D eigenvalue weighted by atomic mass is 10.4. The molecule has 0 fully saturated rings. The summed E-state index contributed by atoms with van der Waals surface area (Å²) < 4.78 is 9.40. The van der Waals surface area contributed by atoms with Crippen molar-refractivity contribution >= 4 is 18.0 Å². The lowest BCUT2D eigenvalue weighted by Crippen LogP contribution is -2.30. The van der Waals surface area contributed by atoms with E-state index in [2.05, 4.69) is 15.0 Å². The van der Waals surface area contributed by atoms with Gasteiger partial charge >= 0.3 is 12.2 Å². The van der Waals surface area contributed by atoms with Crippen molar-refractivity contribution in [3.63, 3.8) is 0 Å². The molecule has 0 aromatic carbocycles. The molecule has 0 saturated carbocycles. The molecular weight excluding hydrogens is 238 g/mol. The number of ether oxygens (including phenoxy) is 2. The Morgan fingerprint density at radius 2 is 2.06 bits per heavy atom. The Labute approximate surface area is 106 Å². The summed E-state index contributed by atoms with van der Waals surface area (Å²) in [6, 6.07) is 1.82. The zero-order chi connectivity index (χ0) is 13.8. The van der Waals surface area contributed by atoms with Gasteiger partial charge in [-0.25, -0.2) is 9.59 Å². The molecular formula is C11H17N3O4. The van der Waals surface area contributed by atoms with Gasteiger partial charge in [-0.15, -0.1) is 0 Å². The third kappa shape index (κ3) is 9.15. The van der Waals surface area contributed by atoms with Crippen LogP contribution >= 0.6 is 0 Å². The molecule has 0 atom stereocenters. The third-order valence-corrected chi connectivity index (χ3v) is 1.71. The minimum atomic E-state index is -0.850. The summed E-state index contributed by atoms with van der Waals surface area (Å²) in [5.41, 5.74) is 0. The van der Waals surface area contributed by atoms with Crippen LogP contribution in [-0.2, 0) is 9.47 Å². The number of hydrogen-bond acceptors (Lipinski definition) is 5. The van der Waals surface area contributed by atoms with Crippen LogP contribution in [0.2, 0.25) is 0 Å². The molecule has 100 valence electrons. The smallest absolute Gasteiger partial charge is 0.435 e. The van der Waals surface area contributed by atoms with E-state index >= 15 is 0 Å². The van der Waals surface area contributed by atoms with Gasteiger partial charge in [-0.3, -0.25) is 5.32 Å². The van der Waals surface area contributed by atoms with E-state index in [4.69, 9.17) is 10.00 Å². The first kappa shape index (κ1) is 15.9. The van der Waals surface area contributed by atoms with Gasteiger partial charge in [0.2, 0.25) is 0 Å². The minimum absolute atomic E-state index is 0.0208. The summed E-state index contributed by atoms with van der Waals surface area (Å²) in [6.07, 6.45) is 0.296. The van der Waals surface area contributed by atoms with Crippen LogP contribution in [0.25, 0.3) is 0 Å². The molecule has 1 N–H and O–H groups in total. The van der Waals surface area contributed by atoms with E-state index in [0.717, 1.165) is 12.8 Å². The number of amides is 2. The Morgan fingerprint density at radius 3 is 2.67 bits per heavy atom. The molecule has 18 heavy (non-hydrogen) atoms. The molecule has 0 spiro atoms. The minimum Gasteiger partial charge on any atom is -0.449 e. The van der Waals surface area contributed by atoms with Crippen molar-refractivity contribution in [2.45, 2.75) is 33.1 Å². The monoisotopic (exact) mass is 255 g/mol. The number of nitrogens with one attached hydrogen (secondary N) is 1. The van der Waals surface area contributed by atoms with Gasteiger partial charge in [0.1, 0.15) is 12.4 Å². The first-order valence-electron chi connectivity index (χ1n) is 5.63. The van der Waals surface area contributed by atoms with Crippen LogP contribution in [0.15, 0.2) is 4.99 Å². The lowest BCUT2D eigenvalue weighted by molar-refractivity contribution is 0.150. The van der Waals surface area contributed by atoms with Crippen LogP contribution in [0.5, 0.6) is 0 Å². The van der Waals surface area contributed by atoms with Gasteiger partial charge in [0, 0.05) is 0 Å². The van der Waals surface area contributed by atoms with Crippen molar-refractivity contribution in [3.05, 3.63) is 0 Å². The standard InChI is InChI=1S/C11H17N3O4/c1-3-4-7-17-10(15)13-9(2)14-11(16)18-8-5-6-12/h3-5,7-8H2,1-2H3,(H,13,14,15,16). The van der Waals surface area contributed by atoms with E-state index in [9.17, 15) is 9.59 Å². The van der Waals surface area contributed by atoms with E-state index in [-0.39, 0.29) is 18.9 Å². The van der Waals surface area contributed by atoms with Gasteiger partial charge in [0.05, 0.1) is 19.1 Å². The molecule has 0 radical (unpaired) electrons. The summed E-state index contributed by atoms with van der Waals surface area (Å²) in [5, 5.41) is 10.5. The largest absolute Gasteiger partial charge is 0.449 e. The van der Waals surface area contributed by atoms with Gasteiger partial charge in [0.15, 0.2) is 0 Å². The van der Waals surface area contributed by atoms with Gasteiger partial charge in [0.25, 0.3) is 0 Å². The fraction of sp³-hybridized carbons (Fsp3) is 0.636. The maximum Gasteiger partial charge on any atom is 0.435 e. The molecule has 0 unspecified atom stereocenters. The van der Waals surface area contributed by atoms with Crippen LogP contribution in [0, 0.1) is 11.3 Å². The van der Waals surface area contributed by atoms with Gasteiger partial charge in [-0.1, -0.05) is 13.3 Å². The fourth-order valence-corrected chi connectivity index (χ4v) is 0.874. The fourth-order valence-electron chi connectivity index (χ4n) is 0.874. The van der Waals surface area contributed by atoms with Gasteiger partial charge in [-0.05, 0) is 13.3 Å². The number of rotatable bonds is 5. The number of unbranched alkanes of at least 4 members (excludes halogenated alkanes) is 1. The van der Waals surface area contributed by atoms with Crippen LogP contribution in [-0.4, -0.2) is 31.2 Å². The number of carbonyl (C=O) groups is 2. The predicted octanol–water partition coefficient (Wildman–Crippen LogP) is 1.98. The van der Waals surface area contributed by atoms with Crippen molar-refractivity contribution in [3.8, 4) is 6.07 Å². The summed E-state index contributed by atoms with van der Waals surface area (Å²) in [6.45, 7) is 3.72. The molecule has 0 bridgehead atoms. The average molecular weight is 255 g/mol. The van der Waals surface area contributed by atoms with E-state index in [1.165, 1.54) is 6.92 Å². The van der Waals surface area contributed by atoms with Crippen molar-refractivity contribution in [1.29, 1.82) is 5.26 Å². The Bertz CT molecular complexity index is 347. The molecule has 0 aromatic heterocycles. The molecule has 2 amide bonds. The van der Waals surface area contributed by atoms with Gasteiger partial charge in [-0.2, -0.15) is 10.3 Å². The summed E-state index contributed by atoms with van der Waals surface area (Å²) in [5.74, 6) is 0.0819. The highest BCUT2D eigenvalue weighted by Crippen LogP contribution is 1.90. The number of nitrogens with zero attached hydrogens (tertiary/aromatic N) is 2. The van der Waals surface area contributed by atoms with Crippen molar-refractivity contribution in [1.82, 2.24) is 5.32 Å². The Hall–Kier alpha value is -2.10. The maximum absolute atomic E-state index is 11.2. The van der Waals surface area contributed by atoms with Crippen LogP contribution in [0.3, 0.4) is 0 Å². The molecule has 0 aliphatic carbocycles. The molecule has 7 nitrogen and oxygen atoms in total. The number of aliphatic imine (C=N–C) groups is 1. The molecule has 0 aromatic rings. The molecule has 0 aliphatic rings. The summed E-state index contributed by atoms with van der Waals surface area (Å²) >= 11 is 0. The van der Waals surface area contributed by atoms with Gasteiger partial charge < -0.3 is 9.47 Å². The van der Waals surface area contributed by atoms with Crippen molar-refractivity contribution in [2.24, 2.45) is 4.99 Å². The normalized spacial score (nSPS) is 10.4. The molecule has 0 heterocycles. The first-order valence-corrected chi connectivity index (χ1v) is 5.63. The van der Waals surface area contributed by atoms with Crippen molar-refractivity contribution in [2.75, 3.05) is 13.2 Å². The third-order valence-electron chi connectivity index (χ3n) is 1.71. The molecule has 7 heteroatoms. The highest BCUT2D eigenvalue weighted by atomic mass is 16.6. The quantitative estimate of drug-likeness (QED) is 0.460. The number of alkyl carbamates (subject to hydrolysis) is 1. The number of amidine groups is 1. The topological polar surface area (TPSA) is 101 Å². The highest BCUT2D eigenvalue weighted by Gasteiger charge is 2.05. The molecule has 0 saturated heterocycles. The van der Waals surface area contributed by atoms with Crippen LogP contribution in [0.4, 0.5) is 9.59 Å². The molecule has 0 rings (SSSR count). The highest BCUT2D eigenvalue weighted by molar-refractivity contribution is 5.98. The number of carbonyl (C=O) groups excluding carboxylic acids is 2.